The summed E-state index contributed by atoms with van der Waals surface area (Å²) in [5, 5.41) is 10.4. The molecule has 7 nitrogen and oxygen atoms in total. The topological polar surface area (TPSA) is 104 Å². The molecular weight excluding hydrogens is 192 g/mol. The van der Waals surface area contributed by atoms with E-state index in [1.54, 1.807) is 0 Å². The largest absolute Gasteiger partial charge is 0.480 e. The number of nitrogens with one attached hydrogen (secondary N) is 1. The fraction of sp³-hybridized carbons (Fsp3) is 0.429. The third-order valence-electron chi connectivity index (χ3n) is 1.60. The lowest BCUT2D eigenvalue weighted by molar-refractivity contribution is -0.145. The van der Waals surface area contributed by atoms with E-state index < -0.39 is 43.2 Å². The molecule has 76 valence electrons. The molecule has 0 aliphatic carbocycles. The Morgan fingerprint density at radius 2 is 2.00 bits per heavy atom. The standard InChI is InChI=1S/C7H8N2O5/c10-4-1-6(12)9(3-7(13)14)2-5(11)8-4/h1-3H2,(H,13,14)(H,8,10,11). The summed E-state index contributed by atoms with van der Waals surface area (Å²) in [6, 6.07) is 0. The minimum atomic E-state index is -1.22. The highest BCUT2D eigenvalue weighted by atomic mass is 16.4. The number of carboxylic acids is 1. The summed E-state index contributed by atoms with van der Waals surface area (Å²) in [7, 11) is 0. The van der Waals surface area contributed by atoms with Gasteiger partial charge in [0.2, 0.25) is 17.7 Å². The number of imide groups is 1. The van der Waals surface area contributed by atoms with Crippen molar-refractivity contribution in [3.05, 3.63) is 0 Å². The van der Waals surface area contributed by atoms with E-state index in [1.165, 1.54) is 0 Å². The molecule has 0 atom stereocenters. The molecule has 2 N–H and O–H groups in total. The zero-order chi connectivity index (χ0) is 10.7. The van der Waals surface area contributed by atoms with Crippen molar-refractivity contribution in [3.8, 4) is 0 Å². The fourth-order valence-electron chi connectivity index (χ4n) is 1.06. The Labute approximate surface area is 78.7 Å². The zero-order valence-electron chi connectivity index (χ0n) is 7.15. The highest BCUT2D eigenvalue weighted by Crippen LogP contribution is 1.98. The monoisotopic (exact) mass is 200 g/mol. The maximum Gasteiger partial charge on any atom is 0.323 e. The van der Waals surface area contributed by atoms with E-state index in [4.69, 9.17) is 5.11 Å². The van der Waals surface area contributed by atoms with Crippen LogP contribution in [0, 0.1) is 0 Å². The molecule has 0 bridgehead atoms. The fourth-order valence-corrected chi connectivity index (χ4v) is 1.06. The second-order valence-electron chi connectivity index (χ2n) is 2.79. The van der Waals surface area contributed by atoms with Crippen LogP contribution in [0.4, 0.5) is 0 Å². The van der Waals surface area contributed by atoms with Gasteiger partial charge in [-0.05, 0) is 0 Å². The molecule has 0 unspecified atom stereocenters. The zero-order valence-corrected chi connectivity index (χ0v) is 7.15. The van der Waals surface area contributed by atoms with Crippen LogP contribution in [-0.2, 0) is 19.2 Å². The first-order chi connectivity index (χ1) is 6.49. The van der Waals surface area contributed by atoms with Gasteiger partial charge < -0.3 is 10.0 Å². The molecule has 0 aromatic carbocycles. The first-order valence-electron chi connectivity index (χ1n) is 3.81. The summed E-state index contributed by atoms with van der Waals surface area (Å²) in [5.41, 5.74) is 0. The van der Waals surface area contributed by atoms with E-state index in [1.807, 2.05) is 5.32 Å². The van der Waals surface area contributed by atoms with Gasteiger partial charge in [0.1, 0.15) is 19.5 Å². The molecule has 1 aliphatic heterocycles. The Balaban J connectivity index is 2.73. The first-order valence-corrected chi connectivity index (χ1v) is 3.81. The molecule has 1 fully saturated rings. The summed E-state index contributed by atoms with van der Waals surface area (Å²) in [4.78, 5) is 44.0. The van der Waals surface area contributed by atoms with Gasteiger partial charge in [-0.25, -0.2) is 0 Å². The maximum atomic E-state index is 11.2. The quantitative estimate of drug-likeness (QED) is 0.394. The van der Waals surface area contributed by atoms with Crippen LogP contribution in [-0.4, -0.2) is 46.8 Å². The van der Waals surface area contributed by atoms with E-state index >= 15 is 0 Å². The van der Waals surface area contributed by atoms with Crippen molar-refractivity contribution < 1.29 is 24.3 Å². The maximum absolute atomic E-state index is 11.2. The van der Waals surface area contributed by atoms with Crippen molar-refractivity contribution >= 4 is 23.7 Å². The number of aliphatic carboxylic acids is 1. The molecule has 1 saturated heterocycles. The van der Waals surface area contributed by atoms with Crippen molar-refractivity contribution in [3.63, 3.8) is 0 Å². The molecule has 0 radical (unpaired) electrons. The predicted octanol–water partition coefficient (Wildman–Crippen LogP) is -2.05. The molecule has 0 spiro atoms. The van der Waals surface area contributed by atoms with Gasteiger partial charge in [-0.2, -0.15) is 0 Å². The number of nitrogens with zero attached hydrogens (tertiary/aromatic N) is 1. The highest BCUT2D eigenvalue weighted by molar-refractivity contribution is 6.08. The predicted molar refractivity (Wildman–Crippen MR) is 42.0 cm³/mol. The summed E-state index contributed by atoms with van der Waals surface area (Å²) >= 11 is 0. The smallest absolute Gasteiger partial charge is 0.323 e. The Kier molecular flexibility index (Phi) is 2.80. The van der Waals surface area contributed by atoms with Crippen LogP contribution in [0.15, 0.2) is 0 Å². The molecule has 0 saturated carbocycles. The molecule has 1 aliphatic rings. The molecule has 3 amide bonds. The minimum Gasteiger partial charge on any atom is -0.480 e. The summed E-state index contributed by atoms with van der Waals surface area (Å²) < 4.78 is 0. The molecule has 1 rings (SSSR count). The number of amides is 3. The van der Waals surface area contributed by atoms with Crippen LogP contribution < -0.4 is 5.32 Å². The van der Waals surface area contributed by atoms with Crippen molar-refractivity contribution in [2.75, 3.05) is 13.1 Å². The third-order valence-corrected chi connectivity index (χ3v) is 1.60. The van der Waals surface area contributed by atoms with Gasteiger partial charge in [0.05, 0.1) is 0 Å². The summed E-state index contributed by atoms with van der Waals surface area (Å²) in [6.07, 6.45) is -0.487. The van der Waals surface area contributed by atoms with Gasteiger partial charge in [0.15, 0.2) is 0 Å². The summed E-state index contributed by atoms with van der Waals surface area (Å²) in [6.45, 7) is -0.962. The summed E-state index contributed by atoms with van der Waals surface area (Å²) in [5.74, 6) is -3.24. The average Bonchev–Trinajstić information content (AvgIpc) is 2.10. The molecule has 14 heavy (non-hydrogen) atoms. The second kappa shape index (κ2) is 3.86. The average molecular weight is 200 g/mol. The first kappa shape index (κ1) is 10.2. The Bertz CT molecular complexity index is 311. The number of carboxylic acid groups (broad SMARTS) is 1. The Morgan fingerprint density at radius 3 is 2.57 bits per heavy atom. The van der Waals surface area contributed by atoms with Gasteiger partial charge >= 0.3 is 5.97 Å². The van der Waals surface area contributed by atoms with Gasteiger partial charge in [-0.1, -0.05) is 0 Å². The van der Waals surface area contributed by atoms with E-state index in [9.17, 15) is 19.2 Å². The van der Waals surface area contributed by atoms with Crippen LogP contribution in [0.5, 0.6) is 0 Å². The van der Waals surface area contributed by atoms with Gasteiger partial charge in [0.25, 0.3) is 0 Å². The SMILES string of the molecule is O=C(O)CN1CC(=O)NC(=O)CC1=O. The molecule has 1 heterocycles. The normalized spacial score (nSPS) is 17.7. The second-order valence-corrected chi connectivity index (χ2v) is 2.79. The van der Waals surface area contributed by atoms with Crippen LogP contribution >= 0.6 is 0 Å². The lowest BCUT2D eigenvalue weighted by Gasteiger charge is -2.15. The van der Waals surface area contributed by atoms with Crippen LogP contribution in [0.2, 0.25) is 0 Å². The molecule has 0 aromatic heterocycles. The minimum absolute atomic E-state index is 0.392. The van der Waals surface area contributed by atoms with Gasteiger partial charge in [-0.15, -0.1) is 0 Å². The highest BCUT2D eigenvalue weighted by Gasteiger charge is 2.26. The van der Waals surface area contributed by atoms with Crippen molar-refractivity contribution in [1.82, 2.24) is 10.2 Å². The molecule has 7 heteroatoms. The van der Waals surface area contributed by atoms with E-state index in [2.05, 4.69) is 0 Å². The van der Waals surface area contributed by atoms with Gasteiger partial charge in [0, 0.05) is 0 Å². The van der Waals surface area contributed by atoms with Crippen molar-refractivity contribution in [1.29, 1.82) is 0 Å². The molecular formula is C7H8N2O5. The van der Waals surface area contributed by atoms with Crippen LogP contribution in [0.3, 0.4) is 0 Å². The number of hydrogen-bond acceptors (Lipinski definition) is 4. The van der Waals surface area contributed by atoms with Crippen molar-refractivity contribution in [2.45, 2.75) is 6.42 Å². The van der Waals surface area contributed by atoms with E-state index in [0.29, 0.717) is 0 Å². The van der Waals surface area contributed by atoms with Gasteiger partial charge in [-0.3, -0.25) is 24.5 Å². The lowest BCUT2D eigenvalue weighted by Crippen LogP contribution is -2.39. The number of carbonyl (C=O) groups excluding carboxylic acids is 3. The Hall–Kier alpha value is -1.92. The number of hydrogen-bond donors (Lipinski definition) is 2. The van der Waals surface area contributed by atoms with Crippen molar-refractivity contribution in [2.24, 2.45) is 0 Å². The lowest BCUT2D eigenvalue weighted by atomic mass is 10.3. The number of carbonyl (C=O) groups is 4. The van der Waals surface area contributed by atoms with E-state index in [0.717, 1.165) is 4.90 Å². The molecule has 0 aromatic rings. The third kappa shape index (κ3) is 2.54. The van der Waals surface area contributed by atoms with Crippen LogP contribution in [0.25, 0.3) is 0 Å². The van der Waals surface area contributed by atoms with Crippen LogP contribution in [0.1, 0.15) is 6.42 Å². The number of rotatable bonds is 2. The van der Waals surface area contributed by atoms with E-state index in [-0.39, 0.29) is 0 Å². The Morgan fingerprint density at radius 1 is 1.36 bits per heavy atom.